The number of halogens is 1. The van der Waals surface area contributed by atoms with Crippen molar-refractivity contribution in [2.45, 2.75) is 33.4 Å². The maximum atomic E-state index is 6.14. The summed E-state index contributed by atoms with van der Waals surface area (Å²) >= 11 is 6.14. The van der Waals surface area contributed by atoms with Crippen LogP contribution in [0.3, 0.4) is 0 Å². The minimum absolute atomic E-state index is 0.687. The van der Waals surface area contributed by atoms with Crippen LogP contribution < -0.4 is 0 Å². The van der Waals surface area contributed by atoms with E-state index >= 15 is 0 Å². The molecular formula is C9H15ClSi. The molecule has 0 saturated heterocycles. The maximum Gasteiger partial charge on any atom is 0.0666 e. The molecule has 0 unspecified atom stereocenters. The Kier molecular flexibility index (Phi) is 2.60. The molecule has 0 aliphatic heterocycles. The third-order valence-corrected chi connectivity index (χ3v) is 4.79. The van der Waals surface area contributed by atoms with E-state index in [0.717, 1.165) is 11.5 Å². The molecule has 0 spiro atoms. The molecule has 1 aliphatic carbocycles. The van der Waals surface area contributed by atoms with Crippen molar-refractivity contribution in [3.8, 4) is 0 Å². The van der Waals surface area contributed by atoms with Crippen LogP contribution in [-0.4, -0.2) is 8.80 Å². The van der Waals surface area contributed by atoms with Gasteiger partial charge in [0.1, 0.15) is 0 Å². The summed E-state index contributed by atoms with van der Waals surface area (Å²) in [6.45, 7) is 9.05. The second-order valence-electron chi connectivity index (χ2n) is 3.56. The number of allylic oxidation sites excluding steroid dienone is 4. The fraction of sp³-hybridized carbons (Fsp3) is 0.556. The van der Waals surface area contributed by atoms with Gasteiger partial charge in [0.25, 0.3) is 0 Å². The zero-order valence-electron chi connectivity index (χ0n) is 7.66. The lowest BCUT2D eigenvalue weighted by atomic mass is 10.2. The van der Waals surface area contributed by atoms with Crippen LogP contribution >= 0.6 is 11.6 Å². The third kappa shape index (κ3) is 1.59. The first kappa shape index (κ1) is 9.08. The highest BCUT2D eigenvalue weighted by molar-refractivity contribution is 6.67. The summed E-state index contributed by atoms with van der Waals surface area (Å²) in [6.07, 6.45) is 1.01. The van der Waals surface area contributed by atoms with Gasteiger partial charge in [-0.25, -0.2) is 0 Å². The van der Waals surface area contributed by atoms with Crippen LogP contribution in [0.4, 0.5) is 0 Å². The van der Waals surface area contributed by atoms with Crippen molar-refractivity contribution >= 4 is 20.4 Å². The molecule has 11 heavy (non-hydrogen) atoms. The Balaban J connectivity index is 3.00. The molecule has 1 aliphatic rings. The van der Waals surface area contributed by atoms with Crippen LogP contribution in [0.25, 0.3) is 0 Å². The van der Waals surface area contributed by atoms with Crippen molar-refractivity contribution < 1.29 is 0 Å². The van der Waals surface area contributed by atoms with Crippen LogP contribution in [0.2, 0.25) is 13.1 Å². The average molecular weight is 187 g/mol. The molecule has 0 fully saturated rings. The van der Waals surface area contributed by atoms with Gasteiger partial charge in [-0.3, -0.25) is 0 Å². The predicted molar refractivity (Wildman–Crippen MR) is 54.7 cm³/mol. The molecule has 0 aromatic heterocycles. The Hall–Kier alpha value is -0.0131. The van der Waals surface area contributed by atoms with Gasteiger partial charge < -0.3 is 0 Å². The zero-order valence-corrected chi connectivity index (χ0v) is 9.57. The first-order valence-corrected chi connectivity index (χ1v) is 7.35. The van der Waals surface area contributed by atoms with Crippen molar-refractivity contribution in [1.82, 2.24) is 0 Å². The molecule has 0 bridgehead atoms. The van der Waals surface area contributed by atoms with Gasteiger partial charge in [0.15, 0.2) is 0 Å². The van der Waals surface area contributed by atoms with E-state index in [9.17, 15) is 0 Å². The number of rotatable bonds is 1. The SMILES string of the molecule is CC1=C(C)C([SiH](C)C)=C(Cl)C1. The van der Waals surface area contributed by atoms with Crippen molar-refractivity contribution in [2.24, 2.45) is 0 Å². The summed E-state index contributed by atoms with van der Waals surface area (Å²) in [6, 6.07) is 0. The molecule has 0 aromatic carbocycles. The standard InChI is InChI=1S/C9H15ClSi/c1-6-5-8(10)9(7(6)2)11(3)4/h11H,5H2,1-4H3. The minimum Gasteiger partial charge on any atom is -0.0889 e. The van der Waals surface area contributed by atoms with Crippen molar-refractivity contribution in [1.29, 1.82) is 0 Å². The molecule has 2 heteroatoms. The van der Waals surface area contributed by atoms with E-state index < -0.39 is 8.80 Å². The van der Waals surface area contributed by atoms with Gasteiger partial charge in [-0.1, -0.05) is 35.8 Å². The molecule has 0 heterocycles. The van der Waals surface area contributed by atoms with Gasteiger partial charge in [0, 0.05) is 11.5 Å². The van der Waals surface area contributed by atoms with Crippen LogP contribution in [-0.2, 0) is 0 Å². The molecule has 0 amide bonds. The molecule has 1 rings (SSSR count). The van der Waals surface area contributed by atoms with Crippen molar-refractivity contribution in [2.75, 3.05) is 0 Å². The fourth-order valence-corrected chi connectivity index (χ4v) is 4.48. The number of hydrogen-bond donors (Lipinski definition) is 0. The Morgan fingerprint density at radius 3 is 2.00 bits per heavy atom. The van der Waals surface area contributed by atoms with Crippen LogP contribution in [0.1, 0.15) is 20.3 Å². The first-order valence-electron chi connectivity index (χ1n) is 4.09. The van der Waals surface area contributed by atoms with E-state index in [0.29, 0.717) is 0 Å². The largest absolute Gasteiger partial charge is 0.0889 e. The second-order valence-corrected chi connectivity index (χ2v) is 6.90. The summed E-state index contributed by atoms with van der Waals surface area (Å²) in [5.74, 6) is 0. The first-order chi connectivity index (χ1) is 5.04. The summed E-state index contributed by atoms with van der Waals surface area (Å²) in [5.41, 5.74) is 2.93. The summed E-state index contributed by atoms with van der Waals surface area (Å²) in [4.78, 5) is 0. The topological polar surface area (TPSA) is 0 Å². The highest BCUT2D eigenvalue weighted by Gasteiger charge is 2.19. The molecule has 0 atom stereocenters. The Bertz CT molecular complexity index is 236. The lowest BCUT2D eigenvalue weighted by molar-refractivity contribution is 1.20. The fourth-order valence-electron chi connectivity index (χ4n) is 1.64. The number of hydrogen-bond acceptors (Lipinski definition) is 0. The average Bonchev–Trinajstić information content (AvgIpc) is 2.07. The van der Waals surface area contributed by atoms with Gasteiger partial charge in [-0.05, 0) is 19.0 Å². The highest BCUT2D eigenvalue weighted by Crippen LogP contribution is 2.35. The highest BCUT2D eigenvalue weighted by atomic mass is 35.5. The minimum atomic E-state index is -0.687. The lowest BCUT2D eigenvalue weighted by Gasteiger charge is -2.07. The van der Waals surface area contributed by atoms with Crippen molar-refractivity contribution in [3.63, 3.8) is 0 Å². The molecule has 62 valence electrons. The van der Waals surface area contributed by atoms with Crippen LogP contribution in [0.5, 0.6) is 0 Å². The van der Waals surface area contributed by atoms with Crippen LogP contribution in [0, 0.1) is 0 Å². The second kappa shape index (κ2) is 3.16. The lowest BCUT2D eigenvalue weighted by Crippen LogP contribution is -2.06. The van der Waals surface area contributed by atoms with Gasteiger partial charge >= 0.3 is 0 Å². The molecular weight excluding hydrogens is 172 g/mol. The predicted octanol–water partition coefficient (Wildman–Crippen LogP) is 3.25. The van der Waals surface area contributed by atoms with E-state index in [1.54, 1.807) is 0 Å². The smallest absolute Gasteiger partial charge is 0.0666 e. The van der Waals surface area contributed by atoms with Gasteiger partial charge in [0.2, 0.25) is 0 Å². The van der Waals surface area contributed by atoms with E-state index in [1.807, 2.05) is 0 Å². The van der Waals surface area contributed by atoms with Gasteiger partial charge in [0.05, 0.1) is 8.80 Å². The zero-order chi connectivity index (χ0) is 8.59. The summed E-state index contributed by atoms with van der Waals surface area (Å²) in [7, 11) is -0.687. The molecule has 0 saturated carbocycles. The monoisotopic (exact) mass is 186 g/mol. The van der Waals surface area contributed by atoms with Crippen molar-refractivity contribution in [3.05, 3.63) is 21.4 Å². The molecule has 0 aromatic rings. The van der Waals surface area contributed by atoms with Gasteiger partial charge in [-0.2, -0.15) is 0 Å². The third-order valence-electron chi connectivity index (χ3n) is 2.33. The summed E-state index contributed by atoms with van der Waals surface area (Å²) in [5, 5.41) is 2.62. The Morgan fingerprint density at radius 2 is 1.82 bits per heavy atom. The van der Waals surface area contributed by atoms with Crippen LogP contribution in [0.15, 0.2) is 21.4 Å². The van der Waals surface area contributed by atoms with E-state index in [1.165, 1.54) is 16.3 Å². The maximum absolute atomic E-state index is 6.14. The Labute approximate surface area is 75.6 Å². The molecule has 0 nitrogen and oxygen atoms in total. The molecule has 0 N–H and O–H groups in total. The van der Waals surface area contributed by atoms with E-state index in [4.69, 9.17) is 11.6 Å². The summed E-state index contributed by atoms with van der Waals surface area (Å²) < 4.78 is 0. The van der Waals surface area contributed by atoms with E-state index in [2.05, 4.69) is 26.9 Å². The quantitative estimate of drug-likeness (QED) is 0.552. The van der Waals surface area contributed by atoms with Gasteiger partial charge in [-0.15, -0.1) is 0 Å². The Morgan fingerprint density at radius 1 is 1.27 bits per heavy atom. The normalized spacial score (nSPS) is 19.1. The van der Waals surface area contributed by atoms with E-state index in [-0.39, 0.29) is 0 Å². The molecule has 0 radical (unpaired) electrons.